The largest absolute Gasteiger partial charge is 0.381 e. The van der Waals surface area contributed by atoms with E-state index in [0.717, 1.165) is 39.0 Å². The van der Waals surface area contributed by atoms with E-state index in [2.05, 4.69) is 23.6 Å². The molecule has 2 heterocycles. The second-order valence-electron chi connectivity index (χ2n) is 5.01. The Morgan fingerprint density at radius 2 is 2.32 bits per heavy atom. The lowest BCUT2D eigenvalue weighted by Gasteiger charge is -2.41. The van der Waals surface area contributed by atoms with Gasteiger partial charge in [0.25, 0.3) is 0 Å². The zero-order chi connectivity index (χ0) is 13.7. The fourth-order valence-corrected chi connectivity index (χ4v) is 2.73. The zero-order valence-electron chi connectivity index (χ0n) is 11.8. The summed E-state index contributed by atoms with van der Waals surface area (Å²) in [6.07, 6.45) is 6.49. The zero-order valence-corrected chi connectivity index (χ0v) is 11.8. The van der Waals surface area contributed by atoms with Crippen LogP contribution in [0.1, 0.15) is 25.3 Å². The van der Waals surface area contributed by atoms with Crippen molar-refractivity contribution in [3.05, 3.63) is 18.0 Å². The van der Waals surface area contributed by atoms with Crippen molar-refractivity contribution >= 4 is 0 Å². The third-order valence-electron chi connectivity index (χ3n) is 4.03. The standard InChI is InChI=1S/C13H24N4O2/c1-3-17-10-11(9-15-17)8-12(16-14)13(18-2)4-6-19-7-5-13/h9-10,12,16H,3-8,14H2,1-2H3. The van der Waals surface area contributed by atoms with Gasteiger partial charge in [0.15, 0.2) is 0 Å². The van der Waals surface area contributed by atoms with Crippen molar-refractivity contribution in [1.82, 2.24) is 15.2 Å². The van der Waals surface area contributed by atoms with Crippen molar-refractivity contribution in [2.75, 3.05) is 20.3 Å². The van der Waals surface area contributed by atoms with E-state index in [1.807, 2.05) is 10.9 Å². The van der Waals surface area contributed by atoms with Crippen LogP contribution in [0.2, 0.25) is 0 Å². The lowest BCUT2D eigenvalue weighted by Crippen LogP contribution is -2.58. The summed E-state index contributed by atoms with van der Waals surface area (Å²) in [6, 6.07) is 0.0657. The van der Waals surface area contributed by atoms with Crippen LogP contribution >= 0.6 is 0 Å². The molecule has 108 valence electrons. The van der Waals surface area contributed by atoms with E-state index in [0.29, 0.717) is 0 Å². The van der Waals surface area contributed by atoms with Crippen molar-refractivity contribution < 1.29 is 9.47 Å². The van der Waals surface area contributed by atoms with Crippen LogP contribution in [0.4, 0.5) is 0 Å². The second-order valence-corrected chi connectivity index (χ2v) is 5.01. The van der Waals surface area contributed by atoms with E-state index < -0.39 is 0 Å². The Balaban J connectivity index is 2.09. The van der Waals surface area contributed by atoms with Crippen LogP contribution in [-0.2, 0) is 22.4 Å². The molecule has 1 atom stereocenters. The molecular formula is C13H24N4O2. The van der Waals surface area contributed by atoms with E-state index in [-0.39, 0.29) is 11.6 Å². The fourth-order valence-electron chi connectivity index (χ4n) is 2.73. The predicted octanol–water partition coefficient (Wildman–Crippen LogP) is 0.473. The smallest absolute Gasteiger partial charge is 0.0891 e. The lowest BCUT2D eigenvalue weighted by molar-refractivity contribution is -0.110. The second kappa shape index (κ2) is 6.47. The Hall–Kier alpha value is -0.950. The normalized spacial score (nSPS) is 20.4. The molecule has 6 nitrogen and oxygen atoms in total. The summed E-state index contributed by atoms with van der Waals surface area (Å²) in [5, 5.41) is 4.30. The first-order valence-corrected chi connectivity index (χ1v) is 6.84. The average Bonchev–Trinajstić information content (AvgIpc) is 2.93. The number of aryl methyl sites for hydroxylation is 1. The minimum Gasteiger partial charge on any atom is -0.381 e. The van der Waals surface area contributed by atoms with Gasteiger partial charge in [-0.2, -0.15) is 5.10 Å². The minimum atomic E-state index is -0.249. The highest BCUT2D eigenvalue weighted by Crippen LogP contribution is 2.29. The monoisotopic (exact) mass is 268 g/mol. The Bertz CT molecular complexity index is 388. The number of ether oxygens (including phenoxy) is 2. The van der Waals surface area contributed by atoms with Gasteiger partial charge in [0.2, 0.25) is 0 Å². The van der Waals surface area contributed by atoms with E-state index >= 15 is 0 Å². The molecule has 0 amide bonds. The number of hydrogen-bond donors (Lipinski definition) is 2. The van der Waals surface area contributed by atoms with Gasteiger partial charge in [-0.15, -0.1) is 0 Å². The molecule has 0 bridgehead atoms. The van der Waals surface area contributed by atoms with Crippen LogP contribution in [0.25, 0.3) is 0 Å². The highest BCUT2D eigenvalue weighted by atomic mass is 16.5. The van der Waals surface area contributed by atoms with Crippen LogP contribution in [0.15, 0.2) is 12.4 Å². The molecule has 2 rings (SSSR count). The molecular weight excluding hydrogens is 244 g/mol. The summed E-state index contributed by atoms with van der Waals surface area (Å²) in [5.41, 5.74) is 3.85. The van der Waals surface area contributed by atoms with E-state index in [1.165, 1.54) is 5.56 Å². The van der Waals surface area contributed by atoms with Crippen molar-refractivity contribution in [2.24, 2.45) is 5.84 Å². The van der Waals surface area contributed by atoms with Crippen LogP contribution in [0.3, 0.4) is 0 Å². The summed E-state index contributed by atoms with van der Waals surface area (Å²) >= 11 is 0. The number of hydrogen-bond acceptors (Lipinski definition) is 5. The number of rotatable bonds is 6. The maximum atomic E-state index is 5.79. The van der Waals surface area contributed by atoms with Gasteiger partial charge in [-0.1, -0.05) is 0 Å². The molecule has 1 aliphatic rings. The maximum absolute atomic E-state index is 5.79. The van der Waals surface area contributed by atoms with Crippen molar-refractivity contribution in [3.63, 3.8) is 0 Å². The van der Waals surface area contributed by atoms with Crippen LogP contribution in [-0.4, -0.2) is 41.7 Å². The quantitative estimate of drug-likeness (QED) is 0.579. The predicted molar refractivity (Wildman–Crippen MR) is 72.5 cm³/mol. The SMILES string of the molecule is CCn1cc(CC(NN)C2(OC)CCOCC2)cn1. The van der Waals surface area contributed by atoms with Crippen molar-refractivity contribution in [1.29, 1.82) is 0 Å². The minimum absolute atomic E-state index is 0.0657. The summed E-state index contributed by atoms with van der Waals surface area (Å²) < 4.78 is 13.1. The molecule has 1 fully saturated rings. The molecule has 6 heteroatoms. The highest BCUT2D eigenvalue weighted by molar-refractivity contribution is 5.10. The number of methoxy groups -OCH3 is 1. The van der Waals surface area contributed by atoms with Crippen LogP contribution < -0.4 is 11.3 Å². The third kappa shape index (κ3) is 3.14. The summed E-state index contributed by atoms with van der Waals surface area (Å²) in [5.74, 6) is 5.75. The Labute approximate surface area is 114 Å². The molecule has 1 saturated heterocycles. The maximum Gasteiger partial charge on any atom is 0.0891 e. The molecule has 1 aliphatic heterocycles. The van der Waals surface area contributed by atoms with E-state index in [4.69, 9.17) is 15.3 Å². The first-order valence-electron chi connectivity index (χ1n) is 6.84. The van der Waals surface area contributed by atoms with Gasteiger partial charge in [0.05, 0.1) is 17.8 Å². The van der Waals surface area contributed by atoms with Crippen LogP contribution in [0, 0.1) is 0 Å². The molecule has 19 heavy (non-hydrogen) atoms. The summed E-state index contributed by atoms with van der Waals surface area (Å²) in [6.45, 7) is 4.40. The number of hydrazine groups is 1. The van der Waals surface area contributed by atoms with E-state index in [1.54, 1.807) is 7.11 Å². The number of nitrogens with two attached hydrogens (primary N) is 1. The number of aromatic nitrogens is 2. The molecule has 1 aromatic heterocycles. The molecule has 0 aliphatic carbocycles. The van der Waals surface area contributed by atoms with Crippen LogP contribution in [0.5, 0.6) is 0 Å². The first kappa shape index (κ1) is 14.5. The van der Waals surface area contributed by atoms with Gasteiger partial charge < -0.3 is 9.47 Å². The lowest BCUT2D eigenvalue weighted by atomic mass is 9.83. The van der Waals surface area contributed by atoms with Crippen molar-refractivity contribution in [3.8, 4) is 0 Å². The Kier molecular flexibility index (Phi) is 4.93. The molecule has 1 aromatic rings. The van der Waals surface area contributed by atoms with Gasteiger partial charge >= 0.3 is 0 Å². The third-order valence-corrected chi connectivity index (χ3v) is 4.03. The van der Waals surface area contributed by atoms with Gasteiger partial charge in [-0.25, -0.2) is 0 Å². The molecule has 0 spiro atoms. The first-order chi connectivity index (χ1) is 9.24. The molecule has 0 saturated carbocycles. The van der Waals surface area contributed by atoms with E-state index in [9.17, 15) is 0 Å². The molecule has 1 unspecified atom stereocenters. The molecule has 3 N–H and O–H groups in total. The fraction of sp³-hybridized carbons (Fsp3) is 0.769. The topological polar surface area (TPSA) is 74.3 Å². The Morgan fingerprint density at radius 3 is 2.84 bits per heavy atom. The van der Waals surface area contributed by atoms with Gasteiger partial charge in [0, 0.05) is 45.9 Å². The average molecular weight is 268 g/mol. The Morgan fingerprint density at radius 1 is 1.58 bits per heavy atom. The van der Waals surface area contributed by atoms with Crippen molar-refractivity contribution in [2.45, 2.75) is 44.4 Å². The number of nitrogens with zero attached hydrogens (tertiary/aromatic N) is 2. The summed E-state index contributed by atoms with van der Waals surface area (Å²) in [4.78, 5) is 0. The van der Waals surface area contributed by atoms with Gasteiger partial charge in [-0.3, -0.25) is 16.0 Å². The summed E-state index contributed by atoms with van der Waals surface area (Å²) in [7, 11) is 1.76. The van der Waals surface area contributed by atoms with Gasteiger partial charge in [-0.05, 0) is 18.9 Å². The molecule has 0 radical (unpaired) electrons. The highest BCUT2D eigenvalue weighted by Gasteiger charge is 2.40. The van der Waals surface area contributed by atoms with Gasteiger partial charge in [0.1, 0.15) is 0 Å². The molecule has 0 aromatic carbocycles. The number of nitrogens with one attached hydrogen (secondary N) is 1.